The summed E-state index contributed by atoms with van der Waals surface area (Å²) >= 11 is 0. The van der Waals surface area contributed by atoms with Crippen LogP contribution in [0.25, 0.3) is 10.9 Å². The zero-order valence-corrected chi connectivity index (χ0v) is 10.9. The van der Waals surface area contributed by atoms with E-state index < -0.39 is 0 Å². The Morgan fingerprint density at radius 3 is 2.25 bits per heavy atom. The minimum atomic E-state index is 0.208. The summed E-state index contributed by atoms with van der Waals surface area (Å²) in [5, 5.41) is 1.39. The van der Waals surface area contributed by atoms with Gasteiger partial charge in [-0.1, -0.05) is 39.0 Å². The molecule has 1 nitrogen and oxygen atoms in total. The number of nitrogens with zero attached hydrogens (tertiary/aromatic N) is 1. The maximum Gasteiger partial charge on any atom is 0.0485 e. The van der Waals surface area contributed by atoms with Gasteiger partial charge in [0.05, 0.1) is 0 Å². The molecule has 16 heavy (non-hydrogen) atoms. The fraction of sp³-hybridized carbons (Fsp3) is 0.467. The molecule has 1 aromatic carbocycles. The SMILES string of the molecule is CC(C)n1cc(C(C)(C)C)c2ccccc21. The maximum absolute atomic E-state index is 2.37. The molecule has 0 aliphatic rings. The molecular formula is C15H21N. The van der Waals surface area contributed by atoms with E-state index in [1.807, 2.05) is 0 Å². The molecule has 0 aliphatic carbocycles. The van der Waals surface area contributed by atoms with Gasteiger partial charge in [0.25, 0.3) is 0 Å². The number of benzene rings is 1. The molecule has 2 rings (SSSR count). The van der Waals surface area contributed by atoms with Crippen molar-refractivity contribution in [1.82, 2.24) is 4.57 Å². The van der Waals surface area contributed by atoms with Crippen LogP contribution in [0, 0.1) is 0 Å². The zero-order chi connectivity index (χ0) is 11.9. The zero-order valence-electron chi connectivity index (χ0n) is 10.9. The largest absolute Gasteiger partial charge is 0.345 e. The summed E-state index contributed by atoms with van der Waals surface area (Å²) in [7, 11) is 0. The van der Waals surface area contributed by atoms with E-state index in [2.05, 4.69) is 69.6 Å². The van der Waals surface area contributed by atoms with E-state index >= 15 is 0 Å². The third-order valence-electron chi connectivity index (χ3n) is 3.10. The molecule has 1 heteroatoms. The van der Waals surface area contributed by atoms with Gasteiger partial charge in [-0.2, -0.15) is 0 Å². The first-order chi connectivity index (χ1) is 7.41. The van der Waals surface area contributed by atoms with Crippen LogP contribution in [0.4, 0.5) is 0 Å². The third kappa shape index (κ3) is 1.75. The lowest BCUT2D eigenvalue weighted by Crippen LogP contribution is -2.10. The molecular weight excluding hydrogens is 194 g/mol. The van der Waals surface area contributed by atoms with Gasteiger partial charge in [-0.15, -0.1) is 0 Å². The van der Waals surface area contributed by atoms with E-state index in [-0.39, 0.29) is 5.41 Å². The molecule has 2 aromatic rings. The quantitative estimate of drug-likeness (QED) is 0.659. The van der Waals surface area contributed by atoms with E-state index in [1.54, 1.807) is 0 Å². The Morgan fingerprint density at radius 2 is 1.69 bits per heavy atom. The summed E-state index contributed by atoms with van der Waals surface area (Å²) in [6.45, 7) is 11.3. The van der Waals surface area contributed by atoms with Crippen LogP contribution in [0.2, 0.25) is 0 Å². The monoisotopic (exact) mass is 215 g/mol. The number of para-hydroxylation sites is 1. The number of rotatable bonds is 1. The molecule has 1 aromatic heterocycles. The summed E-state index contributed by atoms with van der Waals surface area (Å²) in [6.07, 6.45) is 2.31. The fourth-order valence-electron chi connectivity index (χ4n) is 2.23. The van der Waals surface area contributed by atoms with Gasteiger partial charge in [-0.3, -0.25) is 0 Å². The Hall–Kier alpha value is -1.24. The van der Waals surface area contributed by atoms with Crippen LogP contribution < -0.4 is 0 Å². The van der Waals surface area contributed by atoms with Crippen LogP contribution in [0.5, 0.6) is 0 Å². The van der Waals surface area contributed by atoms with Gasteiger partial charge in [0, 0.05) is 23.1 Å². The van der Waals surface area contributed by atoms with Gasteiger partial charge >= 0.3 is 0 Å². The van der Waals surface area contributed by atoms with Crippen molar-refractivity contribution in [1.29, 1.82) is 0 Å². The summed E-state index contributed by atoms with van der Waals surface area (Å²) in [5.74, 6) is 0. The lowest BCUT2D eigenvalue weighted by Gasteiger charge is -2.17. The second-order valence-electron chi connectivity index (χ2n) is 5.81. The Morgan fingerprint density at radius 1 is 1.06 bits per heavy atom. The van der Waals surface area contributed by atoms with Crippen LogP contribution in [-0.2, 0) is 5.41 Å². The van der Waals surface area contributed by atoms with Crippen LogP contribution in [-0.4, -0.2) is 4.57 Å². The van der Waals surface area contributed by atoms with E-state index in [4.69, 9.17) is 0 Å². The Labute approximate surface area is 98.1 Å². The highest BCUT2D eigenvalue weighted by molar-refractivity contribution is 5.85. The van der Waals surface area contributed by atoms with Gasteiger partial charge in [-0.05, 0) is 30.9 Å². The summed E-state index contributed by atoms with van der Waals surface area (Å²) < 4.78 is 2.37. The second-order valence-corrected chi connectivity index (χ2v) is 5.81. The highest BCUT2D eigenvalue weighted by Crippen LogP contribution is 2.32. The average molecular weight is 215 g/mol. The van der Waals surface area contributed by atoms with Gasteiger partial charge in [0.2, 0.25) is 0 Å². The van der Waals surface area contributed by atoms with Crippen molar-refractivity contribution in [3.8, 4) is 0 Å². The first-order valence-corrected chi connectivity index (χ1v) is 6.01. The molecule has 0 N–H and O–H groups in total. The standard InChI is InChI=1S/C15H21N/c1-11(2)16-10-13(15(3,4)5)12-8-6-7-9-14(12)16/h6-11H,1-5H3. The van der Waals surface area contributed by atoms with E-state index in [1.165, 1.54) is 16.5 Å². The first kappa shape index (κ1) is 11.3. The van der Waals surface area contributed by atoms with Crippen molar-refractivity contribution in [3.05, 3.63) is 36.0 Å². The molecule has 0 saturated carbocycles. The van der Waals surface area contributed by atoms with Crippen LogP contribution in [0.15, 0.2) is 30.5 Å². The number of aromatic nitrogens is 1. The van der Waals surface area contributed by atoms with Crippen molar-refractivity contribution in [2.45, 2.75) is 46.1 Å². The molecule has 0 saturated heterocycles. The first-order valence-electron chi connectivity index (χ1n) is 6.01. The highest BCUT2D eigenvalue weighted by Gasteiger charge is 2.20. The minimum Gasteiger partial charge on any atom is -0.345 e. The molecule has 1 heterocycles. The van der Waals surface area contributed by atoms with Gasteiger partial charge in [0.15, 0.2) is 0 Å². The van der Waals surface area contributed by atoms with E-state index in [0.29, 0.717) is 6.04 Å². The van der Waals surface area contributed by atoms with Crippen molar-refractivity contribution >= 4 is 10.9 Å². The Balaban J connectivity index is 2.77. The normalized spacial score (nSPS) is 12.6. The summed E-state index contributed by atoms with van der Waals surface area (Å²) in [4.78, 5) is 0. The Bertz CT molecular complexity index is 498. The highest BCUT2D eigenvalue weighted by atomic mass is 15.0. The summed E-state index contributed by atoms with van der Waals surface area (Å²) in [6, 6.07) is 9.20. The predicted molar refractivity (Wildman–Crippen MR) is 71.0 cm³/mol. The molecule has 0 atom stereocenters. The van der Waals surface area contributed by atoms with Crippen LogP contribution in [0.1, 0.15) is 46.2 Å². The fourth-order valence-corrected chi connectivity index (χ4v) is 2.23. The molecule has 0 amide bonds. The average Bonchev–Trinajstić information content (AvgIpc) is 2.56. The predicted octanol–water partition coefficient (Wildman–Crippen LogP) is 4.52. The van der Waals surface area contributed by atoms with Crippen LogP contribution in [0.3, 0.4) is 0 Å². The smallest absolute Gasteiger partial charge is 0.0485 e. The van der Waals surface area contributed by atoms with E-state index in [0.717, 1.165) is 0 Å². The topological polar surface area (TPSA) is 4.93 Å². The van der Waals surface area contributed by atoms with Crippen molar-refractivity contribution in [2.75, 3.05) is 0 Å². The lowest BCUT2D eigenvalue weighted by atomic mass is 9.87. The molecule has 0 radical (unpaired) electrons. The van der Waals surface area contributed by atoms with Gasteiger partial charge in [-0.25, -0.2) is 0 Å². The summed E-state index contributed by atoms with van der Waals surface area (Å²) in [5.41, 5.74) is 3.00. The second kappa shape index (κ2) is 3.65. The minimum absolute atomic E-state index is 0.208. The van der Waals surface area contributed by atoms with Crippen LogP contribution >= 0.6 is 0 Å². The molecule has 0 aliphatic heterocycles. The molecule has 0 bridgehead atoms. The molecule has 0 unspecified atom stereocenters. The lowest BCUT2D eigenvalue weighted by molar-refractivity contribution is 0.577. The maximum atomic E-state index is 2.37. The number of fused-ring (bicyclic) bond motifs is 1. The molecule has 0 fully saturated rings. The molecule has 0 spiro atoms. The van der Waals surface area contributed by atoms with Crippen molar-refractivity contribution in [2.24, 2.45) is 0 Å². The van der Waals surface area contributed by atoms with Crippen molar-refractivity contribution < 1.29 is 0 Å². The third-order valence-corrected chi connectivity index (χ3v) is 3.10. The number of hydrogen-bond acceptors (Lipinski definition) is 0. The van der Waals surface area contributed by atoms with E-state index in [9.17, 15) is 0 Å². The Kier molecular flexibility index (Phi) is 2.57. The van der Waals surface area contributed by atoms with Crippen molar-refractivity contribution in [3.63, 3.8) is 0 Å². The van der Waals surface area contributed by atoms with Gasteiger partial charge < -0.3 is 4.57 Å². The van der Waals surface area contributed by atoms with Gasteiger partial charge in [0.1, 0.15) is 0 Å². The molecule has 86 valence electrons. The number of hydrogen-bond donors (Lipinski definition) is 0.